The molecule has 0 spiro atoms. The van der Waals surface area contributed by atoms with Gasteiger partial charge in [-0.15, -0.1) is 0 Å². The first-order chi connectivity index (χ1) is 11.6. The number of carbonyl (C=O) groups is 1. The molecule has 1 aliphatic rings. The maximum Gasteiger partial charge on any atom is 0.363 e. The highest BCUT2D eigenvalue weighted by molar-refractivity contribution is 6.13. The molecule has 120 valence electrons. The van der Waals surface area contributed by atoms with Crippen molar-refractivity contribution in [1.29, 1.82) is 0 Å². The second-order valence-electron chi connectivity index (χ2n) is 4.89. The fraction of sp³-hybridized carbons (Fsp3) is 0.0588. The van der Waals surface area contributed by atoms with Crippen LogP contribution >= 0.6 is 0 Å². The van der Waals surface area contributed by atoms with E-state index >= 15 is 0 Å². The molecule has 7 nitrogen and oxygen atoms in total. The standard InChI is InChI=1S/C17H12N2O5/c1-23-15-8-3-2-5-11(15)10-14-17(20)24-16(18-14)12-6-4-7-13(9-12)19(21)22/h2-10H,1H3/b14-10+. The van der Waals surface area contributed by atoms with E-state index in [-0.39, 0.29) is 17.3 Å². The van der Waals surface area contributed by atoms with Crippen LogP contribution in [0.25, 0.3) is 6.08 Å². The first-order valence-corrected chi connectivity index (χ1v) is 6.99. The van der Waals surface area contributed by atoms with Gasteiger partial charge in [0.1, 0.15) is 5.75 Å². The summed E-state index contributed by atoms with van der Waals surface area (Å²) < 4.78 is 10.3. The summed E-state index contributed by atoms with van der Waals surface area (Å²) in [6, 6.07) is 12.9. The maximum atomic E-state index is 12.0. The Morgan fingerprint density at radius 1 is 1.21 bits per heavy atom. The summed E-state index contributed by atoms with van der Waals surface area (Å²) in [5, 5.41) is 10.8. The smallest absolute Gasteiger partial charge is 0.363 e. The second-order valence-corrected chi connectivity index (χ2v) is 4.89. The van der Waals surface area contributed by atoms with E-state index in [1.54, 1.807) is 30.3 Å². The lowest BCUT2D eigenvalue weighted by atomic mass is 10.1. The van der Waals surface area contributed by atoms with Gasteiger partial charge in [-0.1, -0.05) is 24.3 Å². The fourth-order valence-corrected chi connectivity index (χ4v) is 2.22. The number of para-hydroxylation sites is 1. The van der Waals surface area contributed by atoms with Gasteiger partial charge in [-0.2, -0.15) is 0 Å². The number of esters is 1. The molecular formula is C17H12N2O5. The van der Waals surface area contributed by atoms with Crippen LogP contribution in [0.2, 0.25) is 0 Å². The molecule has 0 radical (unpaired) electrons. The monoisotopic (exact) mass is 324 g/mol. The molecule has 7 heteroatoms. The number of non-ortho nitro benzene ring substituents is 1. The van der Waals surface area contributed by atoms with E-state index in [1.807, 2.05) is 6.07 Å². The molecule has 1 aliphatic heterocycles. The van der Waals surface area contributed by atoms with Crippen molar-refractivity contribution in [2.45, 2.75) is 0 Å². The van der Waals surface area contributed by atoms with E-state index < -0.39 is 10.9 Å². The Morgan fingerprint density at radius 3 is 2.75 bits per heavy atom. The predicted molar refractivity (Wildman–Crippen MR) is 86.7 cm³/mol. The number of hydrogen-bond donors (Lipinski definition) is 0. The Hall–Kier alpha value is -3.48. The van der Waals surface area contributed by atoms with Gasteiger partial charge in [-0.3, -0.25) is 10.1 Å². The summed E-state index contributed by atoms with van der Waals surface area (Å²) in [4.78, 5) is 26.5. The molecule has 2 aromatic carbocycles. The average Bonchev–Trinajstić information content (AvgIpc) is 2.96. The highest BCUT2D eigenvalue weighted by atomic mass is 16.6. The van der Waals surface area contributed by atoms with Gasteiger partial charge < -0.3 is 9.47 Å². The normalized spacial score (nSPS) is 15.1. The molecular weight excluding hydrogens is 312 g/mol. The number of aliphatic imine (C=N–C) groups is 1. The summed E-state index contributed by atoms with van der Waals surface area (Å²) >= 11 is 0. The van der Waals surface area contributed by atoms with Crippen LogP contribution in [0, 0.1) is 10.1 Å². The van der Waals surface area contributed by atoms with Crippen molar-refractivity contribution in [3.63, 3.8) is 0 Å². The first kappa shape index (κ1) is 15.4. The molecule has 0 aliphatic carbocycles. The summed E-state index contributed by atoms with van der Waals surface area (Å²) in [5.41, 5.74) is 1.03. The third-order valence-corrected chi connectivity index (χ3v) is 3.36. The second kappa shape index (κ2) is 6.33. The highest BCUT2D eigenvalue weighted by Gasteiger charge is 2.25. The van der Waals surface area contributed by atoms with Crippen LogP contribution in [-0.2, 0) is 9.53 Å². The summed E-state index contributed by atoms with van der Waals surface area (Å²) in [7, 11) is 1.53. The Morgan fingerprint density at radius 2 is 2.00 bits per heavy atom. The maximum absolute atomic E-state index is 12.0. The summed E-state index contributed by atoms with van der Waals surface area (Å²) in [6.07, 6.45) is 1.55. The van der Waals surface area contributed by atoms with Crippen LogP contribution < -0.4 is 4.74 Å². The van der Waals surface area contributed by atoms with Crippen molar-refractivity contribution < 1.29 is 19.2 Å². The lowest BCUT2D eigenvalue weighted by Crippen LogP contribution is -2.05. The number of benzene rings is 2. The number of hydrogen-bond acceptors (Lipinski definition) is 6. The molecule has 0 saturated heterocycles. The van der Waals surface area contributed by atoms with Crippen molar-refractivity contribution in [1.82, 2.24) is 0 Å². The number of rotatable bonds is 4. The van der Waals surface area contributed by atoms with E-state index in [4.69, 9.17) is 9.47 Å². The van der Waals surface area contributed by atoms with Crippen molar-refractivity contribution in [2.75, 3.05) is 7.11 Å². The lowest BCUT2D eigenvalue weighted by Gasteiger charge is -2.03. The minimum Gasteiger partial charge on any atom is -0.496 e. The molecule has 0 atom stereocenters. The Labute approximate surface area is 137 Å². The van der Waals surface area contributed by atoms with E-state index in [0.29, 0.717) is 16.9 Å². The van der Waals surface area contributed by atoms with Crippen LogP contribution in [0.5, 0.6) is 5.75 Å². The zero-order chi connectivity index (χ0) is 17.1. The van der Waals surface area contributed by atoms with E-state index in [2.05, 4.69) is 4.99 Å². The summed E-state index contributed by atoms with van der Waals surface area (Å²) in [6.45, 7) is 0. The molecule has 0 saturated carbocycles. The molecule has 0 N–H and O–H groups in total. The molecule has 0 fully saturated rings. The number of cyclic esters (lactones) is 1. The van der Waals surface area contributed by atoms with Crippen LogP contribution in [0.4, 0.5) is 5.69 Å². The number of methoxy groups -OCH3 is 1. The van der Waals surface area contributed by atoms with Gasteiger partial charge in [-0.05, 0) is 18.2 Å². The molecule has 1 heterocycles. The quantitative estimate of drug-likeness (QED) is 0.373. The average molecular weight is 324 g/mol. The fourth-order valence-electron chi connectivity index (χ4n) is 2.22. The van der Waals surface area contributed by atoms with Gasteiger partial charge in [-0.25, -0.2) is 9.79 Å². The van der Waals surface area contributed by atoms with Gasteiger partial charge in [0.2, 0.25) is 5.90 Å². The Bertz CT molecular complexity index is 886. The van der Waals surface area contributed by atoms with Crippen LogP contribution in [0.3, 0.4) is 0 Å². The van der Waals surface area contributed by atoms with Gasteiger partial charge in [0.05, 0.1) is 12.0 Å². The summed E-state index contributed by atoms with van der Waals surface area (Å²) in [5.74, 6) is 0.00376. The molecule has 0 unspecified atom stereocenters. The van der Waals surface area contributed by atoms with Crippen molar-refractivity contribution in [2.24, 2.45) is 4.99 Å². The topological polar surface area (TPSA) is 91.0 Å². The lowest BCUT2D eigenvalue weighted by molar-refractivity contribution is -0.384. The highest BCUT2D eigenvalue weighted by Crippen LogP contribution is 2.25. The first-order valence-electron chi connectivity index (χ1n) is 6.99. The minimum atomic E-state index is -0.623. The zero-order valence-corrected chi connectivity index (χ0v) is 12.6. The van der Waals surface area contributed by atoms with Crippen LogP contribution in [-0.4, -0.2) is 23.9 Å². The van der Waals surface area contributed by atoms with Gasteiger partial charge in [0.15, 0.2) is 5.70 Å². The van der Waals surface area contributed by atoms with Crippen molar-refractivity contribution in [3.8, 4) is 5.75 Å². The van der Waals surface area contributed by atoms with E-state index in [1.165, 1.54) is 25.3 Å². The zero-order valence-electron chi connectivity index (χ0n) is 12.6. The Balaban J connectivity index is 1.97. The van der Waals surface area contributed by atoms with Crippen molar-refractivity contribution >= 4 is 23.6 Å². The molecule has 0 aromatic heterocycles. The molecule has 0 amide bonds. The minimum absolute atomic E-state index is 0.0323. The largest absolute Gasteiger partial charge is 0.496 e. The number of carbonyl (C=O) groups excluding carboxylic acids is 1. The van der Waals surface area contributed by atoms with Crippen LogP contribution in [0.15, 0.2) is 59.2 Å². The number of nitro groups is 1. The SMILES string of the molecule is COc1ccccc1/C=C1/N=C(c2cccc([N+](=O)[O-])c2)OC1=O. The molecule has 3 rings (SSSR count). The van der Waals surface area contributed by atoms with E-state index in [0.717, 1.165) is 0 Å². The van der Waals surface area contributed by atoms with E-state index in [9.17, 15) is 14.9 Å². The van der Waals surface area contributed by atoms with Crippen molar-refractivity contribution in [3.05, 3.63) is 75.5 Å². The third kappa shape index (κ3) is 3.00. The van der Waals surface area contributed by atoms with Gasteiger partial charge in [0, 0.05) is 23.3 Å². The molecule has 2 aromatic rings. The third-order valence-electron chi connectivity index (χ3n) is 3.36. The predicted octanol–water partition coefficient (Wildman–Crippen LogP) is 2.95. The van der Waals surface area contributed by atoms with Gasteiger partial charge in [0.25, 0.3) is 5.69 Å². The Kier molecular flexibility index (Phi) is 4.07. The number of nitrogens with zero attached hydrogens (tertiary/aromatic N) is 2. The number of nitro benzene ring substituents is 1. The van der Waals surface area contributed by atoms with Gasteiger partial charge >= 0.3 is 5.97 Å². The van der Waals surface area contributed by atoms with Crippen LogP contribution in [0.1, 0.15) is 11.1 Å². The molecule has 24 heavy (non-hydrogen) atoms. The number of ether oxygens (including phenoxy) is 2. The molecule has 0 bridgehead atoms.